The molecule has 2 amide bonds. The summed E-state index contributed by atoms with van der Waals surface area (Å²) in [5.41, 5.74) is 1.03. The van der Waals surface area contributed by atoms with Gasteiger partial charge < -0.3 is 10.2 Å². The Morgan fingerprint density at radius 3 is 2.08 bits per heavy atom. The molecule has 0 bridgehead atoms. The normalized spacial score (nSPS) is 12.5. The number of halogens is 3. The van der Waals surface area contributed by atoms with Gasteiger partial charge in [0, 0.05) is 23.5 Å². The summed E-state index contributed by atoms with van der Waals surface area (Å²) in [4.78, 5) is 29.2. The number of hydrogen-bond donors (Lipinski definition) is 1. The molecule has 0 aliphatic carbocycles. The Morgan fingerprint density at radius 1 is 0.875 bits per heavy atom. The van der Waals surface area contributed by atoms with E-state index in [2.05, 4.69) is 5.32 Å². The van der Waals surface area contributed by atoms with Crippen LogP contribution in [0.25, 0.3) is 0 Å². The van der Waals surface area contributed by atoms with Crippen molar-refractivity contribution in [3.8, 4) is 0 Å². The van der Waals surface area contributed by atoms with Gasteiger partial charge in [-0.05, 0) is 56.2 Å². The van der Waals surface area contributed by atoms with E-state index in [0.717, 1.165) is 16.1 Å². The van der Waals surface area contributed by atoms with Crippen LogP contribution in [0, 0.1) is 0 Å². The summed E-state index contributed by atoms with van der Waals surface area (Å²) < 4.78 is 26.7. The molecule has 0 unspecified atom stereocenters. The zero-order valence-electron chi connectivity index (χ0n) is 22.7. The van der Waals surface area contributed by atoms with E-state index in [1.54, 1.807) is 24.3 Å². The van der Waals surface area contributed by atoms with Crippen molar-refractivity contribution in [3.63, 3.8) is 0 Å². The van der Waals surface area contributed by atoms with Gasteiger partial charge in [0.1, 0.15) is 12.6 Å². The lowest BCUT2D eigenvalue weighted by atomic mass is 10.0. The minimum atomic E-state index is -3.93. The topological polar surface area (TPSA) is 86.8 Å². The van der Waals surface area contributed by atoms with Crippen LogP contribution in [0.3, 0.4) is 0 Å². The minimum Gasteiger partial charge on any atom is -0.350 e. The Bertz CT molecular complexity index is 1460. The largest absolute Gasteiger partial charge is 0.350 e. The average Bonchev–Trinajstić information content (AvgIpc) is 2.86. The molecule has 3 aromatic carbocycles. The van der Waals surface area contributed by atoms with Crippen molar-refractivity contribution < 1.29 is 18.0 Å². The van der Waals surface area contributed by atoms with E-state index in [-0.39, 0.29) is 34.6 Å². The molecule has 0 saturated carbocycles. The van der Waals surface area contributed by atoms with E-state index in [4.69, 9.17) is 34.8 Å². The van der Waals surface area contributed by atoms with E-state index in [1.807, 2.05) is 51.1 Å². The molecule has 11 heteroatoms. The Morgan fingerprint density at radius 2 is 1.50 bits per heavy atom. The molecule has 3 aromatic rings. The Hall–Kier alpha value is -2.78. The quantitative estimate of drug-likeness (QED) is 0.301. The molecule has 1 atom stereocenters. The summed E-state index contributed by atoms with van der Waals surface area (Å²) in [7, 11) is -3.93. The van der Waals surface area contributed by atoms with Gasteiger partial charge in [-0.2, -0.15) is 0 Å². The standard InChI is InChI=1S/C29H32Cl3N3O4S/c1-29(2,3)33-28(37)26(16-20-10-6-5-7-11-20)34(18-21-12-8-9-13-23(21)30)27(36)19-35(40(4,38)39)22-14-15-24(31)25(32)17-22/h5-15,17,26H,16,18-19H2,1-4H3,(H,33,37)/t26-/m0/s1. The Kier molecular flexibility index (Phi) is 10.5. The van der Waals surface area contributed by atoms with Crippen LogP contribution in [0.5, 0.6) is 0 Å². The zero-order valence-corrected chi connectivity index (χ0v) is 25.8. The molecule has 0 saturated heterocycles. The summed E-state index contributed by atoms with van der Waals surface area (Å²) in [6, 6.07) is 19.6. The maximum absolute atomic E-state index is 14.1. The third-order valence-corrected chi connectivity index (χ3v) is 8.19. The van der Waals surface area contributed by atoms with Crippen molar-refractivity contribution in [1.29, 1.82) is 0 Å². The number of amides is 2. The first-order valence-corrected chi connectivity index (χ1v) is 15.5. The SMILES string of the molecule is CC(C)(C)NC(=O)[C@H](Cc1ccccc1)N(Cc1ccccc1Cl)C(=O)CN(c1ccc(Cl)c(Cl)c1)S(C)(=O)=O. The van der Waals surface area contributed by atoms with Crippen LogP contribution in [0.1, 0.15) is 31.9 Å². The second-order valence-corrected chi connectivity index (χ2v) is 13.6. The van der Waals surface area contributed by atoms with Crippen LogP contribution in [0.4, 0.5) is 5.69 Å². The van der Waals surface area contributed by atoms with Crippen LogP contribution in [-0.4, -0.2) is 49.5 Å². The first-order chi connectivity index (χ1) is 18.7. The number of anilines is 1. The van der Waals surface area contributed by atoms with E-state index in [0.29, 0.717) is 10.6 Å². The number of benzene rings is 3. The predicted molar refractivity (Wildman–Crippen MR) is 162 cm³/mol. The smallest absolute Gasteiger partial charge is 0.244 e. The van der Waals surface area contributed by atoms with Crippen molar-refractivity contribution in [2.24, 2.45) is 0 Å². The van der Waals surface area contributed by atoms with Gasteiger partial charge in [-0.3, -0.25) is 13.9 Å². The molecule has 7 nitrogen and oxygen atoms in total. The molecule has 3 rings (SSSR count). The van der Waals surface area contributed by atoms with Gasteiger partial charge >= 0.3 is 0 Å². The molecule has 0 aromatic heterocycles. The Labute approximate surface area is 251 Å². The van der Waals surface area contributed by atoms with Crippen LogP contribution >= 0.6 is 34.8 Å². The molecule has 0 aliphatic rings. The number of nitrogens with zero attached hydrogens (tertiary/aromatic N) is 2. The van der Waals surface area contributed by atoms with Gasteiger partial charge in [0.2, 0.25) is 21.8 Å². The molecule has 0 spiro atoms. The van der Waals surface area contributed by atoms with Crippen molar-refractivity contribution in [3.05, 3.63) is 99.0 Å². The van der Waals surface area contributed by atoms with E-state index in [1.165, 1.54) is 23.1 Å². The molecule has 1 N–H and O–H groups in total. The third-order valence-electron chi connectivity index (χ3n) is 5.94. The van der Waals surface area contributed by atoms with Gasteiger partial charge in [0.05, 0.1) is 22.0 Å². The molecule has 0 heterocycles. The van der Waals surface area contributed by atoms with Gasteiger partial charge in [-0.15, -0.1) is 0 Å². The number of sulfonamides is 1. The lowest BCUT2D eigenvalue weighted by Crippen LogP contribution is -2.56. The van der Waals surface area contributed by atoms with Gasteiger partial charge in [0.25, 0.3) is 0 Å². The predicted octanol–water partition coefficient (Wildman–Crippen LogP) is 5.97. The lowest BCUT2D eigenvalue weighted by molar-refractivity contribution is -0.140. The molecular weight excluding hydrogens is 593 g/mol. The van der Waals surface area contributed by atoms with Gasteiger partial charge in [-0.1, -0.05) is 83.3 Å². The highest BCUT2D eigenvalue weighted by molar-refractivity contribution is 7.92. The highest BCUT2D eigenvalue weighted by Gasteiger charge is 2.34. The molecule has 214 valence electrons. The van der Waals surface area contributed by atoms with E-state index < -0.39 is 34.1 Å². The van der Waals surface area contributed by atoms with E-state index in [9.17, 15) is 18.0 Å². The van der Waals surface area contributed by atoms with Crippen LogP contribution in [0.15, 0.2) is 72.8 Å². The second kappa shape index (κ2) is 13.3. The molecule has 0 aliphatic heterocycles. The fraction of sp³-hybridized carbons (Fsp3) is 0.310. The fourth-order valence-electron chi connectivity index (χ4n) is 4.07. The highest BCUT2D eigenvalue weighted by Crippen LogP contribution is 2.29. The second-order valence-electron chi connectivity index (χ2n) is 10.4. The van der Waals surface area contributed by atoms with Crippen molar-refractivity contribution in [2.45, 2.75) is 45.3 Å². The molecule has 0 radical (unpaired) electrons. The number of carbonyl (C=O) groups is 2. The monoisotopic (exact) mass is 623 g/mol. The third kappa shape index (κ3) is 8.86. The van der Waals surface area contributed by atoms with Gasteiger partial charge in [-0.25, -0.2) is 8.42 Å². The fourth-order valence-corrected chi connectivity index (χ4v) is 5.40. The number of hydrogen-bond acceptors (Lipinski definition) is 4. The molecule has 0 fully saturated rings. The van der Waals surface area contributed by atoms with Crippen molar-refractivity contribution in [2.75, 3.05) is 17.1 Å². The maximum atomic E-state index is 14.1. The van der Waals surface area contributed by atoms with Crippen molar-refractivity contribution >= 4 is 62.3 Å². The van der Waals surface area contributed by atoms with Crippen LogP contribution < -0.4 is 9.62 Å². The number of nitrogens with one attached hydrogen (secondary N) is 1. The Balaban J connectivity index is 2.10. The number of carbonyl (C=O) groups excluding carboxylic acids is 2. The maximum Gasteiger partial charge on any atom is 0.244 e. The van der Waals surface area contributed by atoms with Crippen LogP contribution in [-0.2, 0) is 32.6 Å². The summed E-state index contributed by atoms with van der Waals surface area (Å²) in [6.45, 7) is 4.95. The highest BCUT2D eigenvalue weighted by atomic mass is 35.5. The first-order valence-electron chi connectivity index (χ1n) is 12.5. The minimum absolute atomic E-state index is 0.0213. The molecule has 40 heavy (non-hydrogen) atoms. The van der Waals surface area contributed by atoms with Crippen LogP contribution in [0.2, 0.25) is 15.1 Å². The summed E-state index contributed by atoms with van der Waals surface area (Å²) >= 11 is 18.7. The molecular formula is C29H32Cl3N3O4S. The van der Waals surface area contributed by atoms with E-state index >= 15 is 0 Å². The van der Waals surface area contributed by atoms with Gasteiger partial charge in [0.15, 0.2) is 0 Å². The zero-order chi connectivity index (χ0) is 29.7. The number of rotatable bonds is 10. The average molecular weight is 625 g/mol. The lowest BCUT2D eigenvalue weighted by Gasteiger charge is -2.35. The van der Waals surface area contributed by atoms with Crippen molar-refractivity contribution in [1.82, 2.24) is 10.2 Å². The summed E-state index contributed by atoms with van der Waals surface area (Å²) in [5, 5.41) is 3.77. The summed E-state index contributed by atoms with van der Waals surface area (Å²) in [5.74, 6) is -0.974. The first kappa shape index (κ1) is 31.7. The summed E-state index contributed by atoms with van der Waals surface area (Å²) in [6.07, 6.45) is 1.19.